The molecule has 4 N–H and O–H groups in total. The molecule has 9 heteroatoms. The van der Waals surface area contributed by atoms with Crippen LogP contribution >= 0.6 is 0 Å². The van der Waals surface area contributed by atoms with Crippen LogP contribution < -0.4 is 16.4 Å². The van der Waals surface area contributed by atoms with Crippen LogP contribution in [0.5, 0.6) is 0 Å². The number of nitrogens with two attached hydrogens (primary N) is 2. The normalized spacial score (nSPS) is 15.7. The van der Waals surface area contributed by atoms with E-state index in [1.807, 2.05) is 0 Å². The van der Waals surface area contributed by atoms with Crippen LogP contribution in [0.25, 0.3) is 0 Å². The third kappa shape index (κ3) is 4.02. The molecule has 0 radical (unpaired) electrons. The van der Waals surface area contributed by atoms with Crippen LogP contribution in [-0.2, 0) is 19.1 Å². The van der Waals surface area contributed by atoms with Gasteiger partial charge in [0.25, 0.3) is 0 Å². The van der Waals surface area contributed by atoms with Gasteiger partial charge in [0.2, 0.25) is 5.91 Å². The molecule has 2 aromatic rings. The van der Waals surface area contributed by atoms with E-state index in [2.05, 4.69) is 6.07 Å². The van der Waals surface area contributed by atoms with E-state index in [1.54, 1.807) is 43.3 Å². The smallest absolute Gasteiger partial charge is 0.355 e. The minimum Gasteiger partial charge on any atom is -0.466 e. The Morgan fingerprint density at radius 3 is 2.21 bits per heavy atom. The van der Waals surface area contributed by atoms with Crippen molar-refractivity contribution in [1.29, 1.82) is 5.26 Å². The Balaban J connectivity index is 2.46. The third-order valence-electron chi connectivity index (χ3n) is 5.34. The lowest BCUT2D eigenvalue weighted by molar-refractivity contribution is -0.139. The molecule has 0 spiro atoms. The average molecular weight is 446 g/mol. The molecule has 1 amide bonds. The van der Waals surface area contributed by atoms with Crippen molar-refractivity contribution in [1.82, 2.24) is 0 Å². The Morgan fingerprint density at radius 2 is 1.67 bits per heavy atom. The first kappa shape index (κ1) is 23.1. The van der Waals surface area contributed by atoms with Gasteiger partial charge in [0.05, 0.1) is 43.0 Å². The van der Waals surface area contributed by atoms with E-state index in [9.17, 15) is 19.6 Å². The number of benzene rings is 2. The molecule has 1 heterocycles. The molecule has 0 bridgehead atoms. The molecule has 2 aromatic carbocycles. The van der Waals surface area contributed by atoms with E-state index in [0.717, 1.165) is 7.11 Å². The topological polar surface area (TPSA) is 149 Å². The summed E-state index contributed by atoms with van der Waals surface area (Å²) in [7, 11) is 2.33. The number of allylic oxidation sites excluding steroid dienone is 1. The quantitative estimate of drug-likeness (QED) is 0.662. The zero-order valence-corrected chi connectivity index (χ0v) is 18.3. The van der Waals surface area contributed by atoms with Crippen molar-refractivity contribution in [3.05, 3.63) is 87.9 Å². The summed E-state index contributed by atoms with van der Waals surface area (Å²) in [6, 6.07) is 15.3. The molecule has 0 fully saturated rings. The van der Waals surface area contributed by atoms with Crippen molar-refractivity contribution >= 4 is 23.5 Å². The highest BCUT2D eigenvalue weighted by atomic mass is 16.5. The molecule has 0 saturated carbocycles. The number of amides is 1. The molecule has 0 saturated heterocycles. The zero-order chi connectivity index (χ0) is 24.3. The fourth-order valence-electron chi connectivity index (χ4n) is 3.77. The number of anilines is 1. The number of carbonyl (C=O) groups is 3. The molecule has 0 aromatic heterocycles. The van der Waals surface area contributed by atoms with Crippen LogP contribution in [0.15, 0.2) is 71.2 Å². The predicted molar refractivity (Wildman–Crippen MR) is 119 cm³/mol. The fourth-order valence-corrected chi connectivity index (χ4v) is 3.77. The van der Waals surface area contributed by atoms with E-state index in [4.69, 9.17) is 20.9 Å². The molecular formula is C24H22N4O5. The molecular weight excluding hydrogens is 424 g/mol. The molecule has 33 heavy (non-hydrogen) atoms. The molecule has 1 aliphatic rings. The summed E-state index contributed by atoms with van der Waals surface area (Å²) in [4.78, 5) is 39.1. The summed E-state index contributed by atoms with van der Waals surface area (Å²) in [6.45, 7) is 1.72. The second-order valence-corrected chi connectivity index (χ2v) is 7.20. The molecule has 3 rings (SSSR count). The number of nitrogens with zero attached hydrogens (tertiary/aromatic N) is 2. The van der Waals surface area contributed by atoms with Crippen molar-refractivity contribution in [3.63, 3.8) is 0 Å². The molecule has 1 unspecified atom stereocenters. The van der Waals surface area contributed by atoms with Crippen LogP contribution in [0, 0.1) is 18.3 Å². The van der Waals surface area contributed by atoms with Gasteiger partial charge in [-0.05, 0) is 30.2 Å². The minimum atomic E-state index is -0.978. The summed E-state index contributed by atoms with van der Waals surface area (Å²) >= 11 is 0. The van der Waals surface area contributed by atoms with Gasteiger partial charge in [0.15, 0.2) is 0 Å². The zero-order valence-electron chi connectivity index (χ0n) is 18.3. The van der Waals surface area contributed by atoms with Crippen molar-refractivity contribution in [2.75, 3.05) is 19.1 Å². The van der Waals surface area contributed by atoms with Crippen molar-refractivity contribution in [2.24, 2.45) is 11.5 Å². The monoisotopic (exact) mass is 446 g/mol. The molecule has 1 aliphatic heterocycles. The van der Waals surface area contributed by atoms with Gasteiger partial charge in [0.1, 0.15) is 11.5 Å². The van der Waals surface area contributed by atoms with E-state index in [1.165, 1.54) is 24.1 Å². The Bertz CT molecular complexity index is 1240. The SMILES string of the molecule is COC(=O)C1=C(C(=O)OC)N(c2cc(C(N)=O)ccc2C)C(N)=C(C#N)C1c1ccccc1. The van der Waals surface area contributed by atoms with Gasteiger partial charge in [-0.3, -0.25) is 9.69 Å². The number of esters is 2. The Kier molecular flexibility index (Phi) is 6.49. The van der Waals surface area contributed by atoms with Gasteiger partial charge in [-0.1, -0.05) is 36.4 Å². The number of hydrogen-bond acceptors (Lipinski definition) is 8. The van der Waals surface area contributed by atoms with E-state index < -0.39 is 23.8 Å². The maximum absolute atomic E-state index is 13.0. The van der Waals surface area contributed by atoms with Crippen LogP contribution in [0.1, 0.15) is 27.4 Å². The number of aryl methyl sites for hydroxylation is 1. The van der Waals surface area contributed by atoms with Crippen LogP contribution in [-0.4, -0.2) is 32.1 Å². The van der Waals surface area contributed by atoms with Crippen LogP contribution in [0.3, 0.4) is 0 Å². The number of hydrogen-bond donors (Lipinski definition) is 2. The fraction of sp³-hybridized carbons (Fsp3) is 0.167. The second-order valence-electron chi connectivity index (χ2n) is 7.20. The van der Waals surface area contributed by atoms with Gasteiger partial charge in [-0.15, -0.1) is 0 Å². The summed E-state index contributed by atoms with van der Waals surface area (Å²) in [5.74, 6) is -3.48. The Morgan fingerprint density at radius 1 is 1.03 bits per heavy atom. The number of ether oxygens (including phenoxy) is 2. The van der Waals surface area contributed by atoms with Gasteiger partial charge in [0, 0.05) is 5.56 Å². The Hall–Kier alpha value is -4.58. The minimum absolute atomic E-state index is 0.0260. The van der Waals surface area contributed by atoms with Crippen molar-refractivity contribution in [3.8, 4) is 6.07 Å². The summed E-state index contributed by atoms with van der Waals surface area (Å²) in [5.41, 5.74) is 13.2. The molecule has 0 aliphatic carbocycles. The van der Waals surface area contributed by atoms with Gasteiger partial charge in [-0.25, -0.2) is 9.59 Å². The van der Waals surface area contributed by atoms with Gasteiger partial charge < -0.3 is 20.9 Å². The largest absolute Gasteiger partial charge is 0.466 e. The molecule has 168 valence electrons. The average Bonchev–Trinajstić information content (AvgIpc) is 2.83. The standard InChI is InChI=1S/C24H22N4O5/c1-13-9-10-15(22(27)29)11-17(13)28-20(24(31)33-3)19(23(30)32-2)18(16(12-25)21(28)26)14-7-5-4-6-8-14/h4-11,18H,26H2,1-3H3,(H2,27,29). The highest BCUT2D eigenvalue weighted by molar-refractivity contribution is 6.07. The highest BCUT2D eigenvalue weighted by Gasteiger charge is 2.43. The first-order chi connectivity index (χ1) is 15.8. The maximum atomic E-state index is 13.0. The lowest BCUT2D eigenvalue weighted by atomic mass is 9.80. The van der Waals surface area contributed by atoms with Gasteiger partial charge in [-0.2, -0.15) is 5.26 Å². The Labute approximate surface area is 190 Å². The first-order valence-corrected chi connectivity index (χ1v) is 9.82. The highest BCUT2D eigenvalue weighted by Crippen LogP contribution is 2.43. The van der Waals surface area contributed by atoms with Crippen molar-refractivity contribution in [2.45, 2.75) is 12.8 Å². The van der Waals surface area contributed by atoms with Crippen LogP contribution in [0.4, 0.5) is 5.69 Å². The first-order valence-electron chi connectivity index (χ1n) is 9.82. The van der Waals surface area contributed by atoms with E-state index >= 15 is 0 Å². The lowest BCUT2D eigenvalue weighted by Gasteiger charge is -2.36. The third-order valence-corrected chi connectivity index (χ3v) is 5.34. The summed E-state index contributed by atoms with van der Waals surface area (Å²) < 4.78 is 9.98. The van der Waals surface area contributed by atoms with Crippen LogP contribution in [0.2, 0.25) is 0 Å². The number of methoxy groups -OCH3 is 2. The van der Waals surface area contributed by atoms with E-state index in [0.29, 0.717) is 11.1 Å². The lowest BCUT2D eigenvalue weighted by Crippen LogP contribution is -2.41. The number of carbonyl (C=O) groups excluding carboxylic acids is 3. The van der Waals surface area contributed by atoms with Gasteiger partial charge >= 0.3 is 11.9 Å². The molecule has 9 nitrogen and oxygen atoms in total. The number of rotatable bonds is 5. The summed E-state index contributed by atoms with van der Waals surface area (Å²) in [5, 5.41) is 10.0. The molecule has 1 atom stereocenters. The van der Waals surface area contributed by atoms with E-state index in [-0.39, 0.29) is 33.9 Å². The second kappa shape index (κ2) is 9.28. The number of nitriles is 1. The predicted octanol–water partition coefficient (Wildman–Crippen LogP) is 1.99. The summed E-state index contributed by atoms with van der Waals surface area (Å²) in [6.07, 6.45) is 0. The number of primary amides is 1. The maximum Gasteiger partial charge on any atom is 0.355 e. The van der Waals surface area contributed by atoms with Crippen molar-refractivity contribution < 1.29 is 23.9 Å².